The Balaban J connectivity index is 1.93. The number of rotatable bonds is 5. The lowest BCUT2D eigenvalue weighted by Gasteiger charge is -2.27. The second kappa shape index (κ2) is 5.79. The Kier molecular flexibility index (Phi) is 4.28. The summed E-state index contributed by atoms with van der Waals surface area (Å²) < 4.78 is 19.0. The number of ether oxygens (including phenoxy) is 1. The van der Waals surface area contributed by atoms with E-state index in [2.05, 4.69) is 0 Å². The summed E-state index contributed by atoms with van der Waals surface area (Å²) in [4.78, 5) is 11.5. The largest absolute Gasteiger partial charge is 0.490 e. The zero-order chi connectivity index (χ0) is 14.8. The molecule has 2 unspecified atom stereocenters. The number of carbonyl (C=O) groups excluding carboxylic acids is 1. The zero-order valence-corrected chi connectivity index (χ0v) is 11.7. The van der Waals surface area contributed by atoms with Crippen molar-refractivity contribution >= 4 is 5.91 Å². The maximum absolute atomic E-state index is 13.5. The zero-order valence-electron chi connectivity index (χ0n) is 11.7. The molecule has 110 valence electrons. The fourth-order valence-corrected chi connectivity index (χ4v) is 2.86. The van der Waals surface area contributed by atoms with Crippen LogP contribution in [-0.2, 0) is 4.79 Å². The molecule has 2 atom stereocenters. The normalized spacial score (nSPS) is 25.6. The Hall–Kier alpha value is -1.62. The Bertz CT molecular complexity index is 507. The van der Waals surface area contributed by atoms with Crippen LogP contribution < -0.4 is 16.2 Å². The van der Waals surface area contributed by atoms with Crippen molar-refractivity contribution in [3.63, 3.8) is 0 Å². The van der Waals surface area contributed by atoms with Gasteiger partial charge in [0.1, 0.15) is 0 Å². The summed E-state index contributed by atoms with van der Waals surface area (Å²) in [6.45, 7) is 2.21. The minimum absolute atomic E-state index is 0.00729. The number of primary amides is 1. The summed E-state index contributed by atoms with van der Waals surface area (Å²) in [6.07, 6.45) is 2.97. The maximum Gasteiger partial charge on any atom is 0.237 e. The Labute approximate surface area is 118 Å². The van der Waals surface area contributed by atoms with Crippen molar-refractivity contribution in [1.29, 1.82) is 0 Å². The first-order chi connectivity index (χ1) is 9.43. The molecule has 0 aromatic heterocycles. The van der Waals surface area contributed by atoms with Crippen molar-refractivity contribution in [2.75, 3.05) is 6.61 Å². The molecule has 0 aliphatic heterocycles. The van der Waals surface area contributed by atoms with E-state index in [1.165, 1.54) is 6.07 Å². The number of aryl methyl sites for hydroxylation is 1. The van der Waals surface area contributed by atoms with Crippen LogP contribution in [0.4, 0.5) is 4.39 Å². The molecule has 0 spiro atoms. The third-order valence-corrected chi connectivity index (χ3v) is 4.14. The molecule has 20 heavy (non-hydrogen) atoms. The maximum atomic E-state index is 13.5. The Morgan fingerprint density at radius 2 is 2.30 bits per heavy atom. The number of amides is 1. The van der Waals surface area contributed by atoms with Crippen molar-refractivity contribution in [1.82, 2.24) is 0 Å². The van der Waals surface area contributed by atoms with Crippen LogP contribution in [0, 0.1) is 18.7 Å². The first-order valence-corrected chi connectivity index (χ1v) is 6.91. The molecule has 1 aromatic carbocycles. The lowest BCUT2D eigenvalue weighted by molar-refractivity contribution is -0.124. The molecular weight excluding hydrogens is 259 g/mol. The lowest BCUT2D eigenvalue weighted by Crippen LogP contribution is -2.54. The van der Waals surface area contributed by atoms with E-state index in [0.717, 1.165) is 18.4 Å². The second-order valence-corrected chi connectivity index (χ2v) is 5.56. The van der Waals surface area contributed by atoms with Gasteiger partial charge in [0.05, 0.1) is 12.1 Å². The molecule has 5 heteroatoms. The van der Waals surface area contributed by atoms with Gasteiger partial charge in [-0.25, -0.2) is 4.39 Å². The number of halogens is 1. The van der Waals surface area contributed by atoms with Crippen molar-refractivity contribution in [2.45, 2.75) is 38.1 Å². The van der Waals surface area contributed by atoms with Crippen molar-refractivity contribution in [3.8, 4) is 5.75 Å². The molecule has 1 aliphatic rings. The number of hydrogen-bond acceptors (Lipinski definition) is 3. The summed E-state index contributed by atoms with van der Waals surface area (Å²) in [5.74, 6) is -0.588. The van der Waals surface area contributed by atoms with Gasteiger partial charge in [0, 0.05) is 0 Å². The van der Waals surface area contributed by atoms with E-state index in [4.69, 9.17) is 16.2 Å². The van der Waals surface area contributed by atoms with Gasteiger partial charge in [0.25, 0.3) is 0 Å². The van der Waals surface area contributed by atoms with Crippen molar-refractivity contribution in [2.24, 2.45) is 17.4 Å². The monoisotopic (exact) mass is 280 g/mol. The third-order valence-electron chi connectivity index (χ3n) is 4.14. The highest BCUT2D eigenvalue weighted by Crippen LogP contribution is 2.36. The molecule has 1 amide bonds. The van der Waals surface area contributed by atoms with Crippen LogP contribution in [0.25, 0.3) is 0 Å². The molecule has 1 aliphatic carbocycles. The molecule has 1 fully saturated rings. The van der Waals surface area contributed by atoms with Gasteiger partial charge in [-0.3, -0.25) is 4.79 Å². The third kappa shape index (κ3) is 2.93. The van der Waals surface area contributed by atoms with Gasteiger partial charge in [-0.2, -0.15) is 0 Å². The van der Waals surface area contributed by atoms with Crippen LogP contribution in [0.5, 0.6) is 5.75 Å². The van der Waals surface area contributed by atoms with E-state index in [1.54, 1.807) is 12.1 Å². The minimum Gasteiger partial charge on any atom is -0.490 e. The standard InChI is InChI=1S/C15H21FN2O2/c1-10-4-5-12(16)13(9-10)20-8-6-11-3-2-7-15(11,18)14(17)19/h4-5,9,11H,2-3,6-8,18H2,1H3,(H2,17,19). The summed E-state index contributed by atoms with van der Waals surface area (Å²) in [5, 5.41) is 0. The Morgan fingerprint density at radius 1 is 1.55 bits per heavy atom. The van der Waals surface area contributed by atoms with E-state index in [-0.39, 0.29) is 17.5 Å². The molecule has 1 aromatic rings. The number of carbonyl (C=O) groups is 1. The van der Waals surface area contributed by atoms with Gasteiger partial charge in [-0.1, -0.05) is 12.5 Å². The van der Waals surface area contributed by atoms with Gasteiger partial charge in [0.15, 0.2) is 11.6 Å². The van der Waals surface area contributed by atoms with Gasteiger partial charge in [-0.15, -0.1) is 0 Å². The smallest absolute Gasteiger partial charge is 0.237 e. The number of benzene rings is 1. The predicted octanol–water partition coefficient (Wildman–Crippen LogP) is 1.89. The minimum atomic E-state index is -0.936. The summed E-state index contributed by atoms with van der Waals surface area (Å²) in [5.41, 5.74) is 11.5. The molecule has 4 nitrogen and oxygen atoms in total. The van der Waals surface area contributed by atoms with E-state index in [1.807, 2.05) is 6.92 Å². The fraction of sp³-hybridized carbons (Fsp3) is 0.533. The quantitative estimate of drug-likeness (QED) is 0.864. The van der Waals surface area contributed by atoms with Crippen LogP contribution in [0.15, 0.2) is 18.2 Å². The van der Waals surface area contributed by atoms with Crippen molar-refractivity contribution < 1.29 is 13.9 Å². The number of hydrogen-bond donors (Lipinski definition) is 2. The molecule has 1 saturated carbocycles. The Morgan fingerprint density at radius 3 is 3.00 bits per heavy atom. The molecular formula is C15H21FN2O2. The van der Waals surface area contributed by atoms with Gasteiger partial charge in [-0.05, 0) is 49.8 Å². The topological polar surface area (TPSA) is 78.3 Å². The SMILES string of the molecule is Cc1ccc(F)c(OCCC2CCCC2(N)C(N)=O)c1. The second-order valence-electron chi connectivity index (χ2n) is 5.56. The first-order valence-electron chi connectivity index (χ1n) is 6.91. The predicted molar refractivity (Wildman–Crippen MR) is 74.7 cm³/mol. The average Bonchev–Trinajstić information content (AvgIpc) is 2.77. The molecule has 0 bridgehead atoms. The van der Waals surface area contributed by atoms with Crippen LogP contribution in [0.1, 0.15) is 31.2 Å². The summed E-state index contributed by atoms with van der Waals surface area (Å²) in [6, 6.07) is 4.74. The fourth-order valence-electron chi connectivity index (χ4n) is 2.86. The molecule has 4 N–H and O–H groups in total. The highest BCUT2D eigenvalue weighted by molar-refractivity contribution is 5.85. The molecule has 0 heterocycles. The van der Waals surface area contributed by atoms with E-state index in [9.17, 15) is 9.18 Å². The molecule has 0 saturated heterocycles. The van der Waals surface area contributed by atoms with Crippen LogP contribution in [0.3, 0.4) is 0 Å². The highest BCUT2D eigenvalue weighted by Gasteiger charge is 2.43. The van der Waals surface area contributed by atoms with Gasteiger partial charge in [0.2, 0.25) is 5.91 Å². The van der Waals surface area contributed by atoms with E-state index < -0.39 is 11.4 Å². The lowest BCUT2D eigenvalue weighted by atomic mass is 9.85. The highest BCUT2D eigenvalue weighted by atomic mass is 19.1. The van der Waals surface area contributed by atoms with E-state index >= 15 is 0 Å². The van der Waals surface area contributed by atoms with Crippen molar-refractivity contribution in [3.05, 3.63) is 29.6 Å². The van der Waals surface area contributed by atoms with Gasteiger partial charge >= 0.3 is 0 Å². The number of nitrogens with two attached hydrogens (primary N) is 2. The summed E-state index contributed by atoms with van der Waals surface area (Å²) >= 11 is 0. The first kappa shape index (κ1) is 14.8. The van der Waals surface area contributed by atoms with E-state index in [0.29, 0.717) is 19.4 Å². The van der Waals surface area contributed by atoms with Crippen LogP contribution >= 0.6 is 0 Å². The van der Waals surface area contributed by atoms with Crippen LogP contribution in [-0.4, -0.2) is 18.1 Å². The average molecular weight is 280 g/mol. The molecule has 2 rings (SSSR count). The van der Waals surface area contributed by atoms with Crippen LogP contribution in [0.2, 0.25) is 0 Å². The molecule has 0 radical (unpaired) electrons. The summed E-state index contributed by atoms with van der Waals surface area (Å²) in [7, 11) is 0. The van der Waals surface area contributed by atoms with Gasteiger partial charge < -0.3 is 16.2 Å².